The number of hydrogen-bond donors (Lipinski definition) is 5. The number of carbonyl (C=O) groups excluding carboxylic acids is 2. The van der Waals surface area contributed by atoms with Gasteiger partial charge in [0.15, 0.2) is 11.6 Å². The Balaban J connectivity index is 1.66. The van der Waals surface area contributed by atoms with Crippen LogP contribution >= 0.6 is 11.6 Å². The molecular weight excluding hydrogens is 581 g/mol. The number of nitrogens with one attached hydrogen (secondary N) is 3. The average molecular weight is 608 g/mol. The van der Waals surface area contributed by atoms with Gasteiger partial charge in [-0.15, -0.1) is 0 Å². The molecule has 0 aliphatic carbocycles. The molecule has 0 radical (unpaired) electrons. The number of halogens is 6. The van der Waals surface area contributed by atoms with Gasteiger partial charge in [0.05, 0.1) is 29.9 Å². The molecule has 1 saturated heterocycles. The van der Waals surface area contributed by atoms with E-state index in [1.165, 1.54) is 12.1 Å². The smallest absolute Gasteiger partial charge is 0.404 e. The zero-order valence-corrected chi connectivity index (χ0v) is 22.2. The van der Waals surface area contributed by atoms with Crippen molar-refractivity contribution in [2.24, 2.45) is 0 Å². The maximum atomic E-state index is 14.8. The fourth-order valence-electron chi connectivity index (χ4n) is 4.04. The molecule has 16 heteroatoms. The number of aliphatic hydroxyl groups excluding tert-OH is 1. The number of rotatable bonds is 10. The van der Waals surface area contributed by atoms with Crippen LogP contribution in [-0.4, -0.2) is 84.6 Å². The fraction of sp³-hybridized carbons (Fsp3) is 0.400. The van der Waals surface area contributed by atoms with Crippen molar-refractivity contribution in [1.29, 1.82) is 0 Å². The topological polar surface area (TPSA) is 134 Å². The van der Waals surface area contributed by atoms with E-state index < -0.39 is 66.9 Å². The van der Waals surface area contributed by atoms with Crippen LogP contribution in [0.4, 0.5) is 38.1 Å². The normalized spacial score (nSPS) is 14.9. The summed E-state index contributed by atoms with van der Waals surface area (Å²) < 4.78 is 67.2. The second kappa shape index (κ2) is 13.8. The molecule has 2 aromatic carbocycles. The fourth-order valence-corrected chi connectivity index (χ4v) is 4.20. The highest BCUT2D eigenvalue weighted by Crippen LogP contribution is 2.31. The summed E-state index contributed by atoms with van der Waals surface area (Å²) in [5.41, 5.74) is -0.289. The van der Waals surface area contributed by atoms with E-state index in [4.69, 9.17) is 16.7 Å². The summed E-state index contributed by atoms with van der Waals surface area (Å²) in [6, 6.07) is 6.56. The summed E-state index contributed by atoms with van der Waals surface area (Å²) in [7, 11) is 0. The molecule has 3 rings (SSSR count). The first-order valence-corrected chi connectivity index (χ1v) is 12.7. The van der Waals surface area contributed by atoms with Crippen molar-refractivity contribution in [2.75, 3.05) is 49.5 Å². The highest BCUT2D eigenvalue weighted by atomic mass is 35.5. The van der Waals surface area contributed by atoms with E-state index in [9.17, 15) is 41.4 Å². The van der Waals surface area contributed by atoms with Crippen molar-refractivity contribution in [3.05, 3.63) is 58.1 Å². The highest BCUT2D eigenvalue weighted by Gasteiger charge is 2.29. The Morgan fingerprint density at radius 1 is 1.00 bits per heavy atom. The van der Waals surface area contributed by atoms with Crippen LogP contribution in [0.2, 0.25) is 5.02 Å². The van der Waals surface area contributed by atoms with Crippen LogP contribution in [-0.2, 0) is 11.3 Å². The van der Waals surface area contributed by atoms with E-state index in [0.717, 1.165) is 12.1 Å². The van der Waals surface area contributed by atoms with Crippen LogP contribution < -0.4 is 20.9 Å². The highest BCUT2D eigenvalue weighted by molar-refractivity contribution is 6.31. The zero-order chi connectivity index (χ0) is 30.3. The van der Waals surface area contributed by atoms with E-state index in [1.54, 1.807) is 16.3 Å². The maximum Gasteiger partial charge on any atom is 0.404 e. The summed E-state index contributed by atoms with van der Waals surface area (Å²) in [6.07, 6.45) is -8.41. The second-order valence-corrected chi connectivity index (χ2v) is 9.57. The Labute approximate surface area is 236 Å². The van der Waals surface area contributed by atoms with Gasteiger partial charge >= 0.3 is 12.3 Å². The molecule has 0 saturated carbocycles. The van der Waals surface area contributed by atoms with Gasteiger partial charge in [-0.3, -0.25) is 14.5 Å². The molecule has 1 fully saturated rings. The van der Waals surface area contributed by atoms with Crippen molar-refractivity contribution >= 4 is 40.9 Å². The van der Waals surface area contributed by atoms with Crippen molar-refractivity contribution in [3.63, 3.8) is 0 Å². The first-order chi connectivity index (χ1) is 19.2. The molecule has 0 aromatic heterocycles. The number of anilines is 2. The summed E-state index contributed by atoms with van der Waals surface area (Å²) in [5.74, 6) is -4.92. The number of aliphatic hydroxyl groups is 1. The zero-order valence-electron chi connectivity index (χ0n) is 21.4. The van der Waals surface area contributed by atoms with Crippen molar-refractivity contribution in [1.82, 2.24) is 15.5 Å². The predicted octanol–water partition coefficient (Wildman–Crippen LogP) is 3.19. The van der Waals surface area contributed by atoms with Gasteiger partial charge in [0.25, 0.3) is 11.8 Å². The lowest BCUT2D eigenvalue weighted by atomic mass is 10.1. The van der Waals surface area contributed by atoms with Gasteiger partial charge in [-0.25, -0.2) is 13.6 Å². The van der Waals surface area contributed by atoms with E-state index in [2.05, 4.69) is 10.6 Å². The van der Waals surface area contributed by atoms with Crippen molar-refractivity contribution in [2.45, 2.75) is 25.2 Å². The number of nitrogens with zero attached hydrogens (tertiary/aromatic N) is 2. The van der Waals surface area contributed by atoms with Crippen LogP contribution in [0.15, 0.2) is 30.3 Å². The second-order valence-electron chi connectivity index (χ2n) is 9.13. The number of amides is 3. The standard InChI is InChI=1S/C25H27ClF5N5O5/c26-15-2-4-17(18(11-15)36-9-7-35(8-10-36)6-5-25(29,30)31)34-22(38)16-3-1-14(20(27)21(16)28)12-32-23(39)19(37)13-33-24(40)41/h1-4,11,19,33,37H,5-10,12-13H2,(H,32,39)(H,34,38)(H,40,41). The van der Waals surface area contributed by atoms with E-state index in [-0.39, 0.29) is 17.8 Å². The third-order valence-electron chi connectivity index (χ3n) is 6.24. The summed E-state index contributed by atoms with van der Waals surface area (Å²) in [4.78, 5) is 38.7. The SMILES string of the molecule is O=C(O)NCC(O)C(=O)NCc1ccc(C(=O)Nc2ccc(Cl)cc2N2CCN(CCC(F)(F)F)CC2)c(F)c1F. The molecule has 41 heavy (non-hydrogen) atoms. The van der Waals surface area contributed by atoms with Gasteiger partial charge < -0.3 is 31.1 Å². The number of piperazine rings is 1. The van der Waals surface area contributed by atoms with Crippen molar-refractivity contribution < 1.29 is 46.5 Å². The molecule has 0 spiro atoms. The molecule has 3 amide bonds. The molecule has 0 bridgehead atoms. The lowest BCUT2D eigenvalue weighted by molar-refractivity contribution is -0.138. The molecule has 1 aliphatic rings. The Hall–Kier alpha value is -3.69. The molecule has 1 atom stereocenters. The van der Waals surface area contributed by atoms with E-state index >= 15 is 0 Å². The summed E-state index contributed by atoms with van der Waals surface area (Å²) in [5, 5.41) is 24.9. The molecule has 224 valence electrons. The van der Waals surface area contributed by atoms with Crippen LogP contribution in [0.3, 0.4) is 0 Å². The minimum absolute atomic E-state index is 0.135. The van der Waals surface area contributed by atoms with Gasteiger partial charge in [0.2, 0.25) is 0 Å². The number of alkyl halides is 3. The van der Waals surface area contributed by atoms with E-state index in [1.807, 2.05) is 4.90 Å². The Bertz CT molecular complexity index is 1270. The minimum atomic E-state index is -4.26. The van der Waals surface area contributed by atoms with E-state index in [0.29, 0.717) is 36.9 Å². The van der Waals surface area contributed by atoms with Gasteiger partial charge in [-0.2, -0.15) is 13.2 Å². The molecule has 10 nitrogen and oxygen atoms in total. The number of hydrogen-bond acceptors (Lipinski definition) is 6. The Morgan fingerprint density at radius 3 is 2.32 bits per heavy atom. The van der Waals surface area contributed by atoms with Gasteiger partial charge in [-0.05, 0) is 24.3 Å². The van der Waals surface area contributed by atoms with Gasteiger partial charge in [0, 0.05) is 49.9 Å². The van der Waals surface area contributed by atoms with Crippen LogP contribution in [0.5, 0.6) is 0 Å². The third kappa shape index (κ3) is 9.16. The first-order valence-electron chi connectivity index (χ1n) is 12.3. The first kappa shape index (κ1) is 31.8. The maximum absolute atomic E-state index is 14.8. The lowest BCUT2D eigenvalue weighted by Crippen LogP contribution is -2.47. The summed E-state index contributed by atoms with van der Waals surface area (Å²) in [6.45, 7) is 0.0455. The molecule has 1 unspecified atom stereocenters. The quantitative estimate of drug-likeness (QED) is 0.262. The minimum Gasteiger partial charge on any atom is -0.465 e. The van der Waals surface area contributed by atoms with Crippen molar-refractivity contribution in [3.8, 4) is 0 Å². The molecular formula is C25H27ClF5N5O5. The molecule has 1 heterocycles. The molecule has 5 N–H and O–H groups in total. The Kier molecular flexibility index (Phi) is 10.7. The predicted molar refractivity (Wildman–Crippen MR) is 139 cm³/mol. The average Bonchev–Trinajstić information content (AvgIpc) is 2.92. The lowest BCUT2D eigenvalue weighted by Gasteiger charge is -2.37. The van der Waals surface area contributed by atoms with Crippen LogP contribution in [0, 0.1) is 11.6 Å². The number of carboxylic acid groups (broad SMARTS) is 1. The van der Waals surface area contributed by atoms with Gasteiger partial charge in [-0.1, -0.05) is 17.7 Å². The van der Waals surface area contributed by atoms with Crippen LogP contribution in [0.25, 0.3) is 0 Å². The number of benzene rings is 2. The molecule has 1 aliphatic heterocycles. The summed E-state index contributed by atoms with van der Waals surface area (Å²) >= 11 is 6.12. The number of carbonyl (C=O) groups is 3. The van der Waals surface area contributed by atoms with Crippen LogP contribution in [0.1, 0.15) is 22.3 Å². The van der Waals surface area contributed by atoms with Gasteiger partial charge in [0.1, 0.15) is 6.10 Å². The monoisotopic (exact) mass is 607 g/mol. The largest absolute Gasteiger partial charge is 0.465 e. The Morgan fingerprint density at radius 2 is 1.68 bits per heavy atom. The third-order valence-corrected chi connectivity index (χ3v) is 6.48. The molecule has 2 aromatic rings.